The highest BCUT2D eigenvalue weighted by atomic mass is 35.5. The van der Waals surface area contributed by atoms with Crippen molar-refractivity contribution in [3.63, 3.8) is 0 Å². The molecular formula is C23H20Cl2FN3O3. The lowest BCUT2D eigenvalue weighted by Gasteiger charge is -2.13. The Labute approximate surface area is 195 Å². The first-order chi connectivity index (χ1) is 15.1. The Morgan fingerprint density at radius 2 is 1.69 bits per heavy atom. The summed E-state index contributed by atoms with van der Waals surface area (Å²) in [5.41, 5.74) is 1.86. The van der Waals surface area contributed by atoms with Crippen LogP contribution in [0.1, 0.15) is 5.56 Å². The van der Waals surface area contributed by atoms with E-state index in [0.717, 1.165) is 5.39 Å². The van der Waals surface area contributed by atoms with Crippen molar-refractivity contribution in [1.29, 1.82) is 0 Å². The molecule has 32 heavy (non-hydrogen) atoms. The van der Waals surface area contributed by atoms with Crippen LogP contribution in [0, 0.1) is 5.82 Å². The zero-order valence-electron chi connectivity index (χ0n) is 17.3. The molecule has 0 saturated heterocycles. The van der Waals surface area contributed by atoms with Crippen LogP contribution in [0.5, 0.6) is 17.2 Å². The summed E-state index contributed by atoms with van der Waals surface area (Å²) >= 11 is 6.38. The molecule has 4 aromatic rings. The molecule has 0 spiro atoms. The van der Waals surface area contributed by atoms with E-state index in [1.54, 1.807) is 56.7 Å². The Kier molecular flexibility index (Phi) is 7.56. The van der Waals surface area contributed by atoms with Crippen LogP contribution in [0.4, 0.5) is 15.9 Å². The van der Waals surface area contributed by atoms with E-state index < -0.39 is 0 Å². The molecule has 0 amide bonds. The van der Waals surface area contributed by atoms with Crippen LogP contribution in [0.2, 0.25) is 5.02 Å². The SMILES string of the molecule is COc1cc2ncnc(Nc3ccc(OCc4ccccc4F)c(Cl)c3)c2cc1OC.Cl. The van der Waals surface area contributed by atoms with Gasteiger partial charge in [0.05, 0.1) is 24.8 Å². The predicted octanol–water partition coefficient (Wildman–Crippen LogP) is 6.18. The average Bonchev–Trinajstić information content (AvgIpc) is 2.79. The summed E-state index contributed by atoms with van der Waals surface area (Å²) in [7, 11) is 3.14. The van der Waals surface area contributed by atoms with Gasteiger partial charge in [-0.1, -0.05) is 29.8 Å². The third kappa shape index (κ3) is 4.95. The van der Waals surface area contributed by atoms with Gasteiger partial charge < -0.3 is 19.5 Å². The van der Waals surface area contributed by atoms with Crippen molar-refractivity contribution in [3.8, 4) is 17.2 Å². The molecule has 4 rings (SSSR count). The Hall–Kier alpha value is -3.29. The molecule has 1 heterocycles. The van der Waals surface area contributed by atoms with Gasteiger partial charge in [-0.15, -0.1) is 12.4 Å². The van der Waals surface area contributed by atoms with Crippen molar-refractivity contribution in [3.05, 3.63) is 77.3 Å². The fourth-order valence-corrected chi connectivity index (χ4v) is 3.32. The molecule has 9 heteroatoms. The molecule has 166 valence electrons. The Morgan fingerprint density at radius 3 is 2.41 bits per heavy atom. The van der Waals surface area contributed by atoms with Gasteiger partial charge in [0, 0.05) is 22.7 Å². The maximum Gasteiger partial charge on any atom is 0.162 e. The van der Waals surface area contributed by atoms with E-state index in [-0.39, 0.29) is 24.8 Å². The van der Waals surface area contributed by atoms with Gasteiger partial charge in [-0.2, -0.15) is 0 Å². The van der Waals surface area contributed by atoms with Crippen LogP contribution in [-0.4, -0.2) is 24.2 Å². The highest BCUT2D eigenvalue weighted by Gasteiger charge is 2.12. The number of ether oxygens (including phenoxy) is 3. The molecule has 0 unspecified atom stereocenters. The lowest BCUT2D eigenvalue weighted by atomic mass is 10.2. The van der Waals surface area contributed by atoms with E-state index in [9.17, 15) is 4.39 Å². The number of hydrogen-bond acceptors (Lipinski definition) is 6. The van der Waals surface area contributed by atoms with E-state index in [4.69, 9.17) is 25.8 Å². The van der Waals surface area contributed by atoms with Gasteiger partial charge in [-0.3, -0.25) is 0 Å². The lowest BCUT2D eigenvalue weighted by molar-refractivity contribution is 0.300. The first-order valence-corrected chi connectivity index (χ1v) is 9.76. The van der Waals surface area contributed by atoms with Gasteiger partial charge >= 0.3 is 0 Å². The molecule has 6 nitrogen and oxygen atoms in total. The van der Waals surface area contributed by atoms with E-state index in [0.29, 0.717) is 44.9 Å². The van der Waals surface area contributed by atoms with Gasteiger partial charge in [-0.25, -0.2) is 14.4 Å². The monoisotopic (exact) mass is 475 g/mol. The number of rotatable bonds is 7. The topological polar surface area (TPSA) is 65.5 Å². The van der Waals surface area contributed by atoms with Crippen LogP contribution in [0.25, 0.3) is 10.9 Å². The maximum atomic E-state index is 13.8. The van der Waals surface area contributed by atoms with E-state index in [1.165, 1.54) is 12.4 Å². The zero-order valence-corrected chi connectivity index (χ0v) is 18.8. The number of anilines is 2. The number of methoxy groups -OCH3 is 2. The molecule has 0 radical (unpaired) electrons. The highest BCUT2D eigenvalue weighted by Crippen LogP contribution is 2.35. The molecule has 0 aliphatic heterocycles. The molecule has 0 aliphatic carbocycles. The summed E-state index contributed by atoms with van der Waals surface area (Å²) in [6.45, 7) is 0.0807. The van der Waals surface area contributed by atoms with Gasteiger partial charge in [0.25, 0.3) is 0 Å². The van der Waals surface area contributed by atoms with Gasteiger partial charge in [0.2, 0.25) is 0 Å². The van der Waals surface area contributed by atoms with Crippen molar-refractivity contribution in [2.24, 2.45) is 0 Å². The van der Waals surface area contributed by atoms with Crippen molar-refractivity contribution in [2.45, 2.75) is 6.61 Å². The van der Waals surface area contributed by atoms with Crippen LogP contribution < -0.4 is 19.5 Å². The lowest BCUT2D eigenvalue weighted by Crippen LogP contribution is -2.00. The number of halogens is 3. The van der Waals surface area contributed by atoms with Gasteiger partial charge in [0.15, 0.2) is 11.5 Å². The maximum absolute atomic E-state index is 13.8. The molecule has 1 aromatic heterocycles. The quantitative estimate of drug-likeness (QED) is 0.344. The van der Waals surface area contributed by atoms with Crippen LogP contribution >= 0.6 is 24.0 Å². The van der Waals surface area contributed by atoms with E-state index >= 15 is 0 Å². The molecule has 3 aromatic carbocycles. The normalized spacial score (nSPS) is 10.4. The van der Waals surface area contributed by atoms with Crippen LogP contribution in [-0.2, 0) is 6.61 Å². The molecule has 0 bridgehead atoms. The minimum atomic E-state index is -0.320. The molecule has 0 aliphatic rings. The Morgan fingerprint density at radius 1 is 0.938 bits per heavy atom. The molecular weight excluding hydrogens is 456 g/mol. The van der Waals surface area contributed by atoms with Crippen LogP contribution in [0.15, 0.2) is 60.9 Å². The van der Waals surface area contributed by atoms with Crippen LogP contribution in [0.3, 0.4) is 0 Å². The number of aromatic nitrogens is 2. The third-order valence-corrected chi connectivity index (χ3v) is 4.97. The number of nitrogens with zero attached hydrogens (tertiary/aromatic N) is 2. The molecule has 1 N–H and O–H groups in total. The zero-order chi connectivity index (χ0) is 21.8. The first-order valence-electron chi connectivity index (χ1n) is 9.38. The summed E-state index contributed by atoms with van der Waals surface area (Å²) in [5, 5.41) is 4.39. The largest absolute Gasteiger partial charge is 0.493 e. The smallest absolute Gasteiger partial charge is 0.162 e. The second kappa shape index (κ2) is 10.3. The fraction of sp³-hybridized carbons (Fsp3) is 0.130. The van der Waals surface area contributed by atoms with Gasteiger partial charge in [0.1, 0.15) is 30.3 Å². The number of nitrogens with one attached hydrogen (secondary N) is 1. The van der Waals surface area contributed by atoms with E-state index in [2.05, 4.69) is 15.3 Å². The second-order valence-electron chi connectivity index (χ2n) is 6.60. The molecule has 0 atom stereocenters. The van der Waals surface area contributed by atoms with Crippen molar-refractivity contribution < 1.29 is 18.6 Å². The summed E-state index contributed by atoms with van der Waals surface area (Å²) < 4.78 is 30.2. The fourth-order valence-electron chi connectivity index (χ4n) is 3.09. The van der Waals surface area contributed by atoms with Crippen molar-refractivity contribution in [2.75, 3.05) is 19.5 Å². The summed E-state index contributed by atoms with van der Waals surface area (Å²) in [6.07, 6.45) is 1.46. The van der Waals surface area contributed by atoms with Crippen molar-refractivity contribution in [1.82, 2.24) is 9.97 Å². The second-order valence-corrected chi connectivity index (χ2v) is 7.00. The highest BCUT2D eigenvalue weighted by molar-refractivity contribution is 6.32. The summed E-state index contributed by atoms with van der Waals surface area (Å²) in [4.78, 5) is 8.63. The average molecular weight is 476 g/mol. The van der Waals surface area contributed by atoms with Gasteiger partial charge in [-0.05, 0) is 30.3 Å². The Balaban J connectivity index is 0.00000289. The third-order valence-electron chi connectivity index (χ3n) is 4.68. The van der Waals surface area contributed by atoms with E-state index in [1.807, 2.05) is 6.07 Å². The Bertz CT molecular complexity index is 1240. The minimum Gasteiger partial charge on any atom is -0.493 e. The number of benzene rings is 3. The molecule has 0 fully saturated rings. The predicted molar refractivity (Wildman–Crippen MR) is 125 cm³/mol. The first kappa shape index (κ1) is 23.4. The molecule has 0 saturated carbocycles. The van der Waals surface area contributed by atoms with Crippen molar-refractivity contribution >= 4 is 46.4 Å². The number of hydrogen-bond donors (Lipinski definition) is 1. The standard InChI is InChI=1S/C23H19ClFN3O3.ClH/c1-29-21-10-16-19(11-22(21)30-2)26-13-27-23(16)28-15-7-8-20(17(24)9-15)31-12-14-5-3-4-6-18(14)25;/h3-11,13H,12H2,1-2H3,(H,26,27,28);1H. The minimum absolute atomic E-state index is 0. The summed E-state index contributed by atoms with van der Waals surface area (Å²) in [5.74, 6) is 1.87. The summed E-state index contributed by atoms with van der Waals surface area (Å²) in [6, 6.07) is 15.3. The number of fused-ring (bicyclic) bond motifs is 1.